The standard InChI is InChI=1S/C16H18Cl2N4O/c1-22(2)4-3-20-16(23)11-5-15(10-19-9-11)21-14-7-12(17)6-13(18)8-14/h5-10,21H,3-4H2,1-2H3,(H,20,23). The largest absolute Gasteiger partial charge is 0.354 e. The Labute approximate surface area is 145 Å². The highest BCUT2D eigenvalue weighted by molar-refractivity contribution is 6.35. The summed E-state index contributed by atoms with van der Waals surface area (Å²) in [6, 6.07) is 6.88. The number of likely N-dealkylation sites (N-methyl/N-ethyl adjacent to an activating group) is 1. The van der Waals surface area contributed by atoms with Crippen LogP contribution in [0.25, 0.3) is 0 Å². The van der Waals surface area contributed by atoms with Crippen molar-refractivity contribution in [1.82, 2.24) is 15.2 Å². The summed E-state index contributed by atoms with van der Waals surface area (Å²) < 4.78 is 0. The molecule has 7 heteroatoms. The first kappa shape index (κ1) is 17.5. The summed E-state index contributed by atoms with van der Waals surface area (Å²) >= 11 is 11.9. The van der Waals surface area contributed by atoms with Crippen LogP contribution in [0, 0.1) is 0 Å². The van der Waals surface area contributed by atoms with E-state index in [1.165, 1.54) is 6.20 Å². The maximum atomic E-state index is 12.1. The van der Waals surface area contributed by atoms with Gasteiger partial charge < -0.3 is 15.5 Å². The summed E-state index contributed by atoms with van der Waals surface area (Å²) in [6.45, 7) is 1.35. The van der Waals surface area contributed by atoms with E-state index in [4.69, 9.17) is 23.2 Å². The minimum Gasteiger partial charge on any atom is -0.354 e. The minimum absolute atomic E-state index is 0.160. The molecule has 1 heterocycles. The lowest BCUT2D eigenvalue weighted by atomic mass is 10.2. The number of anilines is 2. The third-order valence-corrected chi connectivity index (χ3v) is 3.43. The van der Waals surface area contributed by atoms with Crippen LogP contribution in [-0.4, -0.2) is 43.0 Å². The number of halogens is 2. The summed E-state index contributed by atoms with van der Waals surface area (Å²) in [5.74, 6) is -0.160. The van der Waals surface area contributed by atoms with Crippen LogP contribution >= 0.6 is 23.2 Å². The number of amides is 1. The van der Waals surface area contributed by atoms with E-state index in [0.29, 0.717) is 27.8 Å². The van der Waals surface area contributed by atoms with Gasteiger partial charge in [-0.05, 0) is 38.4 Å². The van der Waals surface area contributed by atoms with E-state index in [2.05, 4.69) is 15.6 Å². The molecule has 0 bridgehead atoms. The first-order valence-corrected chi connectivity index (χ1v) is 7.81. The number of carbonyl (C=O) groups excluding carboxylic acids is 1. The van der Waals surface area contributed by atoms with Crippen LogP contribution in [0.15, 0.2) is 36.7 Å². The second kappa shape index (κ2) is 8.15. The number of nitrogens with one attached hydrogen (secondary N) is 2. The van der Waals surface area contributed by atoms with Crippen LogP contribution in [0.3, 0.4) is 0 Å². The molecule has 0 aliphatic heterocycles. The minimum atomic E-state index is -0.160. The molecule has 5 nitrogen and oxygen atoms in total. The number of hydrogen-bond acceptors (Lipinski definition) is 4. The molecule has 0 unspecified atom stereocenters. The van der Waals surface area contributed by atoms with Gasteiger partial charge in [-0.25, -0.2) is 0 Å². The molecule has 0 spiro atoms. The van der Waals surface area contributed by atoms with Crippen molar-refractivity contribution in [2.24, 2.45) is 0 Å². The number of nitrogens with zero attached hydrogens (tertiary/aromatic N) is 2. The molecule has 0 fully saturated rings. The highest BCUT2D eigenvalue weighted by Gasteiger charge is 2.07. The Bertz CT molecular complexity index is 671. The molecule has 1 aromatic heterocycles. The van der Waals surface area contributed by atoms with Crippen LogP contribution in [0.5, 0.6) is 0 Å². The molecular formula is C16H18Cl2N4O. The monoisotopic (exact) mass is 352 g/mol. The third kappa shape index (κ3) is 5.71. The first-order chi connectivity index (χ1) is 10.9. The smallest absolute Gasteiger partial charge is 0.252 e. The lowest BCUT2D eigenvalue weighted by molar-refractivity contribution is 0.0950. The molecule has 0 radical (unpaired) electrons. The van der Waals surface area contributed by atoms with Gasteiger partial charge >= 0.3 is 0 Å². The van der Waals surface area contributed by atoms with Gasteiger partial charge in [-0.3, -0.25) is 9.78 Å². The average Bonchev–Trinajstić information content (AvgIpc) is 2.46. The maximum absolute atomic E-state index is 12.1. The molecule has 1 amide bonds. The molecule has 2 N–H and O–H groups in total. The van der Waals surface area contributed by atoms with Gasteiger partial charge in [0.1, 0.15) is 0 Å². The Morgan fingerprint density at radius 2 is 1.78 bits per heavy atom. The Balaban J connectivity index is 2.05. The van der Waals surface area contributed by atoms with Crippen LogP contribution in [0.2, 0.25) is 10.0 Å². The summed E-state index contributed by atoms with van der Waals surface area (Å²) in [4.78, 5) is 18.2. The molecule has 23 heavy (non-hydrogen) atoms. The van der Waals surface area contributed by atoms with Gasteiger partial charge in [0.2, 0.25) is 0 Å². The molecule has 0 saturated carbocycles. The zero-order valence-corrected chi connectivity index (χ0v) is 14.4. The molecule has 122 valence electrons. The summed E-state index contributed by atoms with van der Waals surface area (Å²) in [5, 5.41) is 7.05. The fourth-order valence-electron chi connectivity index (χ4n) is 1.92. The van der Waals surface area contributed by atoms with E-state index in [9.17, 15) is 4.79 Å². The van der Waals surface area contributed by atoms with E-state index < -0.39 is 0 Å². The van der Waals surface area contributed by atoms with Gasteiger partial charge in [-0.15, -0.1) is 0 Å². The number of aromatic nitrogens is 1. The zero-order chi connectivity index (χ0) is 16.8. The second-order valence-electron chi connectivity index (χ2n) is 5.30. The zero-order valence-electron chi connectivity index (χ0n) is 12.9. The van der Waals surface area contributed by atoms with Crippen molar-refractivity contribution in [3.05, 3.63) is 52.3 Å². The van der Waals surface area contributed by atoms with E-state index >= 15 is 0 Å². The fraction of sp³-hybridized carbons (Fsp3) is 0.250. The lowest BCUT2D eigenvalue weighted by Gasteiger charge is -2.11. The molecule has 2 aromatic rings. The second-order valence-corrected chi connectivity index (χ2v) is 6.18. The Morgan fingerprint density at radius 1 is 1.09 bits per heavy atom. The number of carbonyl (C=O) groups is 1. The number of benzene rings is 1. The number of rotatable bonds is 6. The molecular weight excluding hydrogens is 335 g/mol. The highest BCUT2D eigenvalue weighted by Crippen LogP contribution is 2.25. The van der Waals surface area contributed by atoms with Crippen molar-refractivity contribution >= 4 is 40.5 Å². The third-order valence-electron chi connectivity index (χ3n) is 3.00. The normalized spacial score (nSPS) is 10.7. The molecule has 1 aromatic carbocycles. The van der Waals surface area contributed by atoms with Gasteiger partial charge in [-0.2, -0.15) is 0 Å². The Kier molecular flexibility index (Phi) is 6.21. The molecule has 0 atom stereocenters. The predicted octanol–water partition coefficient (Wildman–Crippen LogP) is 3.42. The van der Waals surface area contributed by atoms with E-state index in [-0.39, 0.29) is 5.91 Å². The quantitative estimate of drug-likeness (QED) is 0.836. The lowest BCUT2D eigenvalue weighted by Crippen LogP contribution is -2.31. The van der Waals surface area contributed by atoms with Gasteiger partial charge in [0.25, 0.3) is 5.91 Å². The Hall–Kier alpha value is -1.82. The highest BCUT2D eigenvalue weighted by atomic mass is 35.5. The maximum Gasteiger partial charge on any atom is 0.252 e. The van der Waals surface area contributed by atoms with Crippen molar-refractivity contribution in [3.8, 4) is 0 Å². The fourth-order valence-corrected chi connectivity index (χ4v) is 2.45. The topological polar surface area (TPSA) is 57.3 Å². The van der Waals surface area contributed by atoms with E-state index in [1.54, 1.807) is 30.5 Å². The molecule has 0 aliphatic rings. The predicted molar refractivity (Wildman–Crippen MR) is 94.9 cm³/mol. The number of pyridine rings is 1. The SMILES string of the molecule is CN(C)CCNC(=O)c1cncc(Nc2cc(Cl)cc(Cl)c2)c1. The van der Waals surface area contributed by atoms with Crippen molar-refractivity contribution in [1.29, 1.82) is 0 Å². The van der Waals surface area contributed by atoms with Crippen LogP contribution in [-0.2, 0) is 0 Å². The summed E-state index contributed by atoms with van der Waals surface area (Å²) in [5.41, 5.74) is 1.90. The Morgan fingerprint density at radius 3 is 2.43 bits per heavy atom. The van der Waals surface area contributed by atoms with Gasteiger partial charge in [-0.1, -0.05) is 23.2 Å². The van der Waals surface area contributed by atoms with Gasteiger partial charge in [0.15, 0.2) is 0 Å². The molecule has 2 rings (SSSR count). The van der Waals surface area contributed by atoms with Gasteiger partial charge in [0, 0.05) is 35.0 Å². The molecule has 0 saturated heterocycles. The van der Waals surface area contributed by atoms with Gasteiger partial charge in [0.05, 0.1) is 17.4 Å². The van der Waals surface area contributed by atoms with Crippen molar-refractivity contribution in [2.45, 2.75) is 0 Å². The number of hydrogen-bond donors (Lipinski definition) is 2. The van der Waals surface area contributed by atoms with E-state index in [0.717, 1.165) is 12.2 Å². The van der Waals surface area contributed by atoms with Crippen molar-refractivity contribution in [3.63, 3.8) is 0 Å². The van der Waals surface area contributed by atoms with Crippen LogP contribution < -0.4 is 10.6 Å². The molecule has 0 aliphatic carbocycles. The van der Waals surface area contributed by atoms with Crippen LogP contribution in [0.4, 0.5) is 11.4 Å². The first-order valence-electron chi connectivity index (χ1n) is 7.05. The summed E-state index contributed by atoms with van der Waals surface area (Å²) in [7, 11) is 3.91. The van der Waals surface area contributed by atoms with E-state index in [1.807, 2.05) is 19.0 Å². The van der Waals surface area contributed by atoms with Crippen LogP contribution in [0.1, 0.15) is 10.4 Å². The summed E-state index contributed by atoms with van der Waals surface area (Å²) in [6.07, 6.45) is 3.16. The average molecular weight is 353 g/mol. The van der Waals surface area contributed by atoms with Crippen molar-refractivity contribution < 1.29 is 4.79 Å². The van der Waals surface area contributed by atoms with Crippen molar-refractivity contribution in [2.75, 3.05) is 32.5 Å².